The number of nitrogens with two attached hydrogens (primary N) is 1. The Kier molecular flexibility index (Phi) is 4.74. The molecule has 0 bridgehead atoms. The molecule has 2 heterocycles. The molecule has 0 aliphatic heterocycles. The average Bonchev–Trinajstić information content (AvgIpc) is 2.85. The Morgan fingerprint density at radius 1 is 1.40 bits per heavy atom. The van der Waals surface area contributed by atoms with Crippen molar-refractivity contribution in [2.75, 3.05) is 7.11 Å². The zero-order valence-corrected chi connectivity index (χ0v) is 12.3. The van der Waals surface area contributed by atoms with Crippen molar-refractivity contribution in [1.82, 2.24) is 14.5 Å². The lowest BCUT2D eigenvalue weighted by Crippen LogP contribution is -2.23. The van der Waals surface area contributed by atoms with Crippen molar-refractivity contribution >= 4 is 0 Å². The van der Waals surface area contributed by atoms with Crippen molar-refractivity contribution in [3.05, 3.63) is 41.7 Å². The van der Waals surface area contributed by atoms with Crippen LogP contribution in [0.3, 0.4) is 0 Å². The number of methoxy groups -OCH3 is 1. The summed E-state index contributed by atoms with van der Waals surface area (Å²) in [5.74, 6) is 1.83. The summed E-state index contributed by atoms with van der Waals surface area (Å²) in [6.45, 7) is 4.74. The summed E-state index contributed by atoms with van der Waals surface area (Å²) in [6.07, 6.45) is 5.51. The van der Waals surface area contributed by atoms with Gasteiger partial charge in [-0.05, 0) is 13.3 Å². The van der Waals surface area contributed by atoms with Crippen molar-refractivity contribution in [3.63, 3.8) is 0 Å². The van der Waals surface area contributed by atoms with Gasteiger partial charge >= 0.3 is 0 Å². The van der Waals surface area contributed by atoms with Gasteiger partial charge in [-0.3, -0.25) is 4.98 Å². The van der Waals surface area contributed by atoms with Crippen molar-refractivity contribution in [2.45, 2.75) is 39.3 Å². The van der Waals surface area contributed by atoms with Crippen LogP contribution in [0.25, 0.3) is 0 Å². The molecule has 0 radical (unpaired) electrons. The van der Waals surface area contributed by atoms with Crippen LogP contribution >= 0.6 is 0 Å². The van der Waals surface area contributed by atoms with Gasteiger partial charge in [0, 0.05) is 42.7 Å². The van der Waals surface area contributed by atoms with Crippen LogP contribution in [0.5, 0.6) is 5.75 Å². The van der Waals surface area contributed by atoms with E-state index in [1.165, 1.54) is 0 Å². The fourth-order valence-corrected chi connectivity index (χ4v) is 2.13. The Bertz CT molecular complexity index is 565. The molecule has 2 aromatic heterocycles. The highest BCUT2D eigenvalue weighted by Crippen LogP contribution is 2.15. The molecule has 0 saturated carbocycles. The quantitative estimate of drug-likeness (QED) is 0.874. The minimum atomic E-state index is 0.149. The van der Waals surface area contributed by atoms with Crippen molar-refractivity contribution in [2.24, 2.45) is 5.73 Å². The molecule has 5 nitrogen and oxygen atoms in total. The van der Waals surface area contributed by atoms with Crippen LogP contribution in [0.2, 0.25) is 0 Å². The van der Waals surface area contributed by atoms with Gasteiger partial charge in [0.2, 0.25) is 0 Å². The van der Waals surface area contributed by atoms with E-state index in [1.807, 2.05) is 31.5 Å². The van der Waals surface area contributed by atoms with Crippen LogP contribution < -0.4 is 10.5 Å². The maximum atomic E-state index is 6.01. The fourth-order valence-electron chi connectivity index (χ4n) is 2.13. The molecule has 1 unspecified atom stereocenters. The molecule has 0 aromatic carbocycles. The van der Waals surface area contributed by atoms with E-state index in [0.717, 1.165) is 35.8 Å². The number of imidazole rings is 1. The van der Waals surface area contributed by atoms with Crippen LogP contribution in [0.15, 0.2) is 24.5 Å². The zero-order chi connectivity index (χ0) is 14.5. The van der Waals surface area contributed by atoms with Crippen molar-refractivity contribution in [3.8, 4) is 5.75 Å². The predicted molar refractivity (Wildman–Crippen MR) is 78.8 cm³/mol. The lowest BCUT2D eigenvalue weighted by atomic mass is 10.1. The SMILES string of the molecule is CCC(N)Cc1nccn1Cc1cc(OC)cc(C)n1. The van der Waals surface area contributed by atoms with E-state index in [0.29, 0.717) is 6.54 Å². The average molecular weight is 274 g/mol. The topological polar surface area (TPSA) is 66.0 Å². The smallest absolute Gasteiger partial charge is 0.122 e. The van der Waals surface area contributed by atoms with E-state index in [1.54, 1.807) is 7.11 Å². The molecule has 0 saturated heterocycles. The maximum Gasteiger partial charge on any atom is 0.122 e. The van der Waals surface area contributed by atoms with E-state index in [9.17, 15) is 0 Å². The van der Waals surface area contributed by atoms with Gasteiger partial charge in [0.05, 0.1) is 19.3 Å². The Balaban J connectivity index is 2.18. The second kappa shape index (κ2) is 6.52. The Hall–Kier alpha value is -1.88. The molecule has 0 aliphatic rings. The summed E-state index contributed by atoms with van der Waals surface area (Å²) in [5.41, 5.74) is 7.92. The fraction of sp³-hybridized carbons (Fsp3) is 0.467. The predicted octanol–water partition coefficient (Wildman–Crippen LogP) is 1.92. The second-order valence-corrected chi connectivity index (χ2v) is 4.98. The number of aryl methyl sites for hydroxylation is 1. The number of nitrogens with zero attached hydrogens (tertiary/aromatic N) is 3. The van der Waals surface area contributed by atoms with Gasteiger partial charge in [-0.2, -0.15) is 0 Å². The molecule has 2 aromatic rings. The third kappa shape index (κ3) is 3.57. The molecule has 0 aliphatic carbocycles. The lowest BCUT2D eigenvalue weighted by molar-refractivity contribution is 0.412. The van der Waals surface area contributed by atoms with Gasteiger partial charge in [-0.1, -0.05) is 6.92 Å². The molecule has 0 fully saturated rings. The minimum Gasteiger partial charge on any atom is -0.497 e. The molecule has 20 heavy (non-hydrogen) atoms. The van der Waals surface area contributed by atoms with Gasteiger partial charge in [-0.25, -0.2) is 4.98 Å². The van der Waals surface area contributed by atoms with Crippen LogP contribution in [0.1, 0.15) is 30.6 Å². The number of pyridine rings is 1. The third-order valence-corrected chi connectivity index (χ3v) is 3.32. The first-order valence-corrected chi connectivity index (χ1v) is 6.89. The maximum absolute atomic E-state index is 6.01. The highest BCUT2D eigenvalue weighted by atomic mass is 16.5. The summed E-state index contributed by atoms with van der Waals surface area (Å²) in [4.78, 5) is 8.93. The molecule has 2 N–H and O–H groups in total. The first-order valence-electron chi connectivity index (χ1n) is 6.89. The first-order chi connectivity index (χ1) is 9.62. The van der Waals surface area contributed by atoms with Crippen LogP contribution in [0.4, 0.5) is 0 Å². The molecule has 5 heteroatoms. The van der Waals surface area contributed by atoms with Gasteiger partial charge in [0.15, 0.2) is 0 Å². The number of aromatic nitrogens is 3. The molecule has 1 atom stereocenters. The summed E-state index contributed by atoms with van der Waals surface area (Å²) < 4.78 is 7.38. The Morgan fingerprint density at radius 2 is 2.20 bits per heavy atom. The highest BCUT2D eigenvalue weighted by molar-refractivity contribution is 5.27. The lowest BCUT2D eigenvalue weighted by Gasteiger charge is -2.12. The molecule has 0 spiro atoms. The van der Waals surface area contributed by atoms with Crippen molar-refractivity contribution < 1.29 is 4.74 Å². The Labute approximate surface area is 119 Å². The third-order valence-electron chi connectivity index (χ3n) is 3.32. The molecular weight excluding hydrogens is 252 g/mol. The monoisotopic (exact) mass is 274 g/mol. The van der Waals surface area contributed by atoms with E-state index in [-0.39, 0.29) is 6.04 Å². The van der Waals surface area contributed by atoms with E-state index in [2.05, 4.69) is 21.5 Å². The first kappa shape index (κ1) is 14.5. The van der Waals surface area contributed by atoms with Crippen LogP contribution in [-0.4, -0.2) is 27.7 Å². The zero-order valence-electron chi connectivity index (χ0n) is 12.3. The number of hydrogen-bond acceptors (Lipinski definition) is 4. The van der Waals surface area contributed by atoms with Gasteiger partial charge in [0.25, 0.3) is 0 Å². The highest BCUT2D eigenvalue weighted by Gasteiger charge is 2.09. The molecular formula is C15H22N4O. The van der Waals surface area contributed by atoms with E-state index >= 15 is 0 Å². The Morgan fingerprint density at radius 3 is 2.90 bits per heavy atom. The summed E-state index contributed by atoms with van der Waals surface area (Å²) >= 11 is 0. The normalized spacial score (nSPS) is 12.4. The molecule has 0 amide bonds. The summed E-state index contributed by atoms with van der Waals surface area (Å²) in [6, 6.07) is 4.03. The summed E-state index contributed by atoms with van der Waals surface area (Å²) in [7, 11) is 1.67. The van der Waals surface area contributed by atoms with Crippen molar-refractivity contribution in [1.29, 1.82) is 0 Å². The van der Waals surface area contributed by atoms with Gasteiger partial charge in [0.1, 0.15) is 11.6 Å². The second-order valence-electron chi connectivity index (χ2n) is 4.98. The molecule has 108 valence electrons. The van der Waals surface area contributed by atoms with Crippen LogP contribution in [0, 0.1) is 6.92 Å². The van der Waals surface area contributed by atoms with E-state index < -0.39 is 0 Å². The summed E-state index contributed by atoms with van der Waals surface area (Å²) in [5, 5.41) is 0. The number of rotatable bonds is 6. The standard InChI is InChI=1S/C15H22N4O/c1-4-12(16)8-15-17-5-6-19(15)10-13-9-14(20-3)7-11(2)18-13/h5-7,9,12H,4,8,10,16H2,1-3H3. The number of hydrogen-bond donors (Lipinski definition) is 1. The molecule has 2 rings (SSSR count). The van der Waals surface area contributed by atoms with Crippen LogP contribution in [-0.2, 0) is 13.0 Å². The van der Waals surface area contributed by atoms with Gasteiger partial charge < -0.3 is 15.0 Å². The number of ether oxygens (including phenoxy) is 1. The van der Waals surface area contributed by atoms with Gasteiger partial charge in [-0.15, -0.1) is 0 Å². The minimum absolute atomic E-state index is 0.149. The largest absolute Gasteiger partial charge is 0.497 e. The van der Waals surface area contributed by atoms with E-state index in [4.69, 9.17) is 10.5 Å².